The fourth-order valence-corrected chi connectivity index (χ4v) is 2.07. The number of benzene rings is 1. The molecule has 0 saturated carbocycles. The van der Waals surface area contributed by atoms with E-state index in [1.54, 1.807) is 7.11 Å². The van der Waals surface area contributed by atoms with Crippen LogP contribution < -0.4 is 9.47 Å². The van der Waals surface area contributed by atoms with Crippen molar-refractivity contribution < 1.29 is 9.47 Å². The van der Waals surface area contributed by atoms with Crippen LogP contribution >= 0.6 is 11.6 Å². The predicted octanol–water partition coefficient (Wildman–Crippen LogP) is 4.76. The van der Waals surface area contributed by atoms with Gasteiger partial charge in [-0.1, -0.05) is 38.5 Å². The second-order valence-corrected chi connectivity index (χ2v) is 5.03. The molecule has 2 nitrogen and oxygen atoms in total. The second-order valence-electron chi connectivity index (χ2n) is 4.77. The number of ether oxygens (including phenoxy) is 2. The van der Waals surface area contributed by atoms with Crippen molar-refractivity contribution in [2.45, 2.75) is 27.2 Å². The SMILES string of the molecule is CCCOc1cc(C=C(CCl)C(C)C)ccc1OC. The lowest BCUT2D eigenvalue weighted by molar-refractivity contribution is 0.294. The number of hydrogen-bond acceptors (Lipinski definition) is 2. The number of hydrogen-bond donors (Lipinski definition) is 0. The first-order chi connectivity index (χ1) is 9.12. The lowest BCUT2D eigenvalue weighted by Gasteiger charge is -2.12. The average Bonchev–Trinajstić information content (AvgIpc) is 2.42. The summed E-state index contributed by atoms with van der Waals surface area (Å²) in [6.07, 6.45) is 3.10. The Hall–Kier alpha value is -1.15. The van der Waals surface area contributed by atoms with Crippen LogP contribution in [-0.4, -0.2) is 19.6 Å². The number of rotatable bonds is 7. The first kappa shape index (κ1) is 15.9. The summed E-state index contributed by atoms with van der Waals surface area (Å²) in [5.74, 6) is 2.55. The lowest BCUT2D eigenvalue weighted by atomic mass is 10.0. The summed E-state index contributed by atoms with van der Waals surface area (Å²) in [6, 6.07) is 5.96. The molecule has 0 unspecified atom stereocenters. The van der Waals surface area contributed by atoms with E-state index in [1.807, 2.05) is 18.2 Å². The summed E-state index contributed by atoms with van der Waals surface area (Å²) in [7, 11) is 1.65. The van der Waals surface area contributed by atoms with E-state index in [2.05, 4.69) is 26.8 Å². The highest BCUT2D eigenvalue weighted by molar-refractivity contribution is 6.19. The molecule has 0 aliphatic heterocycles. The Morgan fingerprint density at radius 1 is 1.32 bits per heavy atom. The smallest absolute Gasteiger partial charge is 0.161 e. The summed E-state index contributed by atoms with van der Waals surface area (Å²) < 4.78 is 11.0. The molecule has 0 aromatic heterocycles. The summed E-state index contributed by atoms with van der Waals surface area (Å²) in [6.45, 7) is 7.06. The molecule has 0 aliphatic rings. The van der Waals surface area contributed by atoms with Crippen LogP contribution in [0.2, 0.25) is 0 Å². The Kier molecular flexibility index (Phi) is 6.79. The molecule has 3 heteroatoms. The molecule has 0 saturated heterocycles. The van der Waals surface area contributed by atoms with Crippen LogP contribution in [0.25, 0.3) is 6.08 Å². The van der Waals surface area contributed by atoms with Gasteiger partial charge in [-0.2, -0.15) is 0 Å². The van der Waals surface area contributed by atoms with Crippen LogP contribution in [0.1, 0.15) is 32.8 Å². The maximum atomic E-state index is 5.97. The van der Waals surface area contributed by atoms with Crippen molar-refractivity contribution in [3.8, 4) is 11.5 Å². The molecule has 1 rings (SSSR count). The first-order valence-electron chi connectivity index (χ1n) is 6.69. The fourth-order valence-electron chi connectivity index (χ4n) is 1.68. The average molecular weight is 283 g/mol. The largest absolute Gasteiger partial charge is 0.493 e. The van der Waals surface area contributed by atoms with E-state index in [9.17, 15) is 0 Å². The van der Waals surface area contributed by atoms with Gasteiger partial charge in [0.05, 0.1) is 13.7 Å². The summed E-state index contributed by atoms with van der Waals surface area (Å²) >= 11 is 5.97. The van der Waals surface area contributed by atoms with Crippen molar-refractivity contribution in [2.24, 2.45) is 5.92 Å². The van der Waals surface area contributed by atoms with Gasteiger partial charge in [0.15, 0.2) is 11.5 Å². The molecule has 19 heavy (non-hydrogen) atoms. The maximum absolute atomic E-state index is 5.97. The Morgan fingerprint density at radius 2 is 2.05 bits per heavy atom. The van der Waals surface area contributed by atoms with Gasteiger partial charge in [0.2, 0.25) is 0 Å². The van der Waals surface area contributed by atoms with Crippen LogP contribution in [0.5, 0.6) is 11.5 Å². The van der Waals surface area contributed by atoms with Crippen LogP contribution in [0.3, 0.4) is 0 Å². The fraction of sp³-hybridized carbons (Fsp3) is 0.500. The third-order valence-electron chi connectivity index (χ3n) is 2.90. The molecule has 0 amide bonds. The molecule has 0 radical (unpaired) electrons. The highest BCUT2D eigenvalue weighted by atomic mass is 35.5. The zero-order chi connectivity index (χ0) is 14.3. The van der Waals surface area contributed by atoms with E-state index < -0.39 is 0 Å². The van der Waals surface area contributed by atoms with Crippen molar-refractivity contribution in [1.29, 1.82) is 0 Å². The zero-order valence-electron chi connectivity index (χ0n) is 12.2. The molecular weight excluding hydrogens is 260 g/mol. The minimum Gasteiger partial charge on any atom is -0.493 e. The summed E-state index contributed by atoms with van der Waals surface area (Å²) in [5.41, 5.74) is 2.31. The van der Waals surface area contributed by atoms with Crippen LogP contribution in [0, 0.1) is 5.92 Å². The third kappa shape index (κ3) is 4.79. The Labute approximate surface area is 121 Å². The van der Waals surface area contributed by atoms with Gasteiger partial charge < -0.3 is 9.47 Å². The molecule has 0 aliphatic carbocycles. The van der Waals surface area contributed by atoms with E-state index in [0.717, 1.165) is 23.5 Å². The van der Waals surface area contributed by atoms with Gasteiger partial charge in [0.1, 0.15) is 0 Å². The zero-order valence-corrected chi connectivity index (χ0v) is 13.0. The van der Waals surface area contributed by atoms with Crippen molar-refractivity contribution in [3.63, 3.8) is 0 Å². The molecule has 1 aromatic carbocycles. The van der Waals surface area contributed by atoms with Crippen LogP contribution in [0.4, 0.5) is 0 Å². The highest BCUT2D eigenvalue weighted by Crippen LogP contribution is 2.29. The molecule has 106 valence electrons. The molecule has 0 N–H and O–H groups in total. The lowest BCUT2D eigenvalue weighted by Crippen LogP contribution is -1.99. The Bertz CT molecular complexity index is 425. The number of halogens is 1. The quantitative estimate of drug-likeness (QED) is 0.671. The van der Waals surface area contributed by atoms with Crippen molar-refractivity contribution in [3.05, 3.63) is 29.3 Å². The normalized spacial score (nSPS) is 11.8. The van der Waals surface area contributed by atoms with Gasteiger partial charge >= 0.3 is 0 Å². The minimum atomic E-state index is 0.444. The maximum Gasteiger partial charge on any atom is 0.161 e. The molecule has 0 atom stereocenters. The molecule has 0 fully saturated rings. The van der Waals surface area contributed by atoms with Gasteiger partial charge in [0.25, 0.3) is 0 Å². The van der Waals surface area contributed by atoms with E-state index >= 15 is 0 Å². The van der Waals surface area contributed by atoms with Crippen LogP contribution in [0.15, 0.2) is 23.8 Å². The number of alkyl halides is 1. The van der Waals surface area contributed by atoms with Gasteiger partial charge in [-0.25, -0.2) is 0 Å². The third-order valence-corrected chi connectivity index (χ3v) is 3.21. The predicted molar refractivity (Wildman–Crippen MR) is 82.3 cm³/mol. The Morgan fingerprint density at radius 3 is 2.58 bits per heavy atom. The monoisotopic (exact) mass is 282 g/mol. The second kappa shape index (κ2) is 8.11. The molecule has 0 spiro atoms. The van der Waals surface area contributed by atoms with Crippen molar-refractivity contribution in [2.75, 3.05) is 19.6 Å². The highest BCUT2D eigenvalue weighted by Gasteiger charge is 2.06. The van der Waals surface area contributed by atoms with Gasteiger partial charge in [-0.05, 0) is 30.0 Å². The van der Waals surface area contributed by atoms with E-state index in [1.165, 1.54) is 5.57 Å². The Balaban J connectivity index is 3.03. The molecule has 0 heterocycles. The summed E-state index contributed by atoms with van der Waals surface area (Å²) in [4.78, 5) is 0. The van der Waals surface area contributed by atoms with Crippen molar-refractivity contribution >= 4 is 17.7 Å². The van der Waals surface area contributed by atoms with Crippen molar-refractivity contribution in [1.82, 2.24) is 0 Å². The molecular formula is C16H23ClO2. The standard InChI is InChI=1S/C16H23ClO2/c1-5-8-19-16-10-13(6-7-15(16)18-4)9-14(11-17)12(2)3/h6-7,9-10,12H,5,8,11H2,1-4H3. The summed E-state index contributed by atoms with van der Waals surface area (Å²) in [5, 5.41) is 0. The van der Waals surface area contributed by atoms with E-state index in [0.29, 0.717) is 18.4 Å². The van der Waals surface area contributed by atoms with Gasteiger partial charge in [-0.15, -0.1) is 11.6 Å². The van der Waals surface area contributed by atoms with Gasteiger partial charge in [-0.3, -0.25) is 0 Å². The first-order valence-corrected chi connectivity index (χ1v) is 7.23. The van der Waals surface area contributed by atoms with Crippen LogP contribution in [-0.2, 0) is 0 Å². The minimum absolute atomic E-state index is 0.444. The number of methoxy groups -OCH3 is 1. The number of allylic oxidation sites excluding steroid dienone is 1. The molecule has 1 aromatic rings. The van der Waals surface area contributed by atoms with E-state index in [-0.39, 0.29) is 0 Å². The van der Waals surface area contributed by atoms with E-state index in [4.69, 9.17) is 21.1 Å². The van der Waals surface area contributed by atoms with Gasteiger partial charge in [0, 0.05) is 5.88 Å². The topological polar surface area (TPSA) is 18.5 Å². The molecule has 0 bridgehead atoms.